The summed E-state index contributed by atoms with van der Waals surface area (Å²) in [4.78, 5) is 12.1. The van der Waals surface area contributed by atoms with Gasteiger partial charge in [-0.1, -0.05) is 30.7 Å². The number of benzene rings is 1. The van der Waals surface area contributed by atoms with Crippen LogP contribution in [-0.4, -0.2) is 24.2 Å². The minimum absolute atomic E-state index is 0.0807. The van der Waals surface area contributed by atoms with Gasteiger partial charge >= 0.3 is 0 Å². The molecule has 1 aliphatic rings. The van der Waals surface area contributed by atoms with Crippen molar-refractivity contribution < 1.29 is 9.90 Å². The third kappa shape index (κ3) is 4.11. The summed E-state index contributed by atoms with van der Waals surface area (Å²) >= 11 is 0. The molecule has 1 aromatic carbocycles. The molecule has 0 spiro atoms. The Morgan fingerprint density at radius 3 is 2.95 bits per heavy atom. The fourth-order valence-corrected chi connectivity index (χ4v) is 1.99. The Labute approximate surface area is 114 Å². The smallest absolute Gasteiger partial charge is 0.252 e. The Bertz CT molecular complexity index is 521. The van der Waals surface area contributed by atoms with Crippen molar-refractivity contribution in [2.24, 2.45) is 5.92 Å². The molecule has 2 rings (SSSR count). The number of carbonyl (C=O) groups excluding carboxylic acids is 1. The van der Waals surface area contributed by atoms with Crippen LogP contribution in [0.4, 0.5) is 0 Å². The summed E-state index contributed by atoms with van der Waals surface area (Å²) in [5, 5.41) is 11.7. The molecule has 1 aliphatic carbocycles. The molecule has 3 heteroatoms. The fraction of sp³-hybridized carbons (Fsp3) is 0.438. The van der Waals surface area contributed by atoms with E-state index in [1.807, 2.05) is 19.1 Å². The highest BCUT2D eigenvalue weighted by molar-refractivity contribution is 5.96. The molecule has 0 atom stereocenters. The number of carbonyl (C=O) groups is 1. The molecule has 0 bridgehead atoms. The number of aliphatic hydroxyl groups is 1. The standard InChI is InChI=1S/C16H19NO2/c1-12-4-7-15(14(11-12)3-2-10-18)16(19)17-9-8-13-5-6-13/h4,7,11,13,18H,5-6,8-10H2,1H3,(H,17,19). The number of hydrogen-bond donors (Lipinski definition) is 2. The molecule has 1 amide bonds. The first-order chi connectivity index (χ1) is 9.20. The maximum absolute atomic E-state index is 12.1. The van der Waals surface area contributed by atoms with Gasteiger partial charge in [-0.25, -0.2) is 0 Å². The van der Waals surface area contributed by atoms with E-state index < -0.39 is 0 Å². The van der Waals surface area contributed by atoms with Crippen molar-refractivity contribution >= 4 is 5.91 Å². The van der Waals surface area contributed by atoms with Gasteiger partial charge in [0.25, 0.3) is 5.91 Å². The minimum Gasteiger partial charge on any atom is -0.384 e. The van der Waals surface area contributed by atoms with Crippen molar-refractivity contribution in [3.05, 3.63) is 34.9 Å². The zero-order valence-corrected chi connectivity index (χ0v) is 11.2. The Morgan fingerprint density at radius 2 is 2.26 bits per heavy atom. The van der Waals surface area contributed by atoms with Gasteiger partial charge in [0, 0.05) is 12.1 Å². The third-order valence-electron chi connectivity index (χ3n) is 3.26. The summed E-state index contributed by atoms with van der Waals surface area (Å²) in [6.45, 7) is 2.49. The second-order valence-corrected chi connectivity index (χ2v) is 5.00. The van der Waals surface area contributed by atoms with Crippen LogP contribution < -0.4 is 5.32 Å². The molecule has 1 fully saturated rings. The van der Waals surface area contributed by atoms with Crippen molar-refractivity contribution in [1.29, 1.82) is 0 Å². The lowest BCUT2D eigenvalue weighted by Gasteiger charge is -2.07. The van der Waals surface area contributed by atoms with Crippen molar-refractivity contribution in [2.45, 2.75) is 26.2 Å². The molecule has 19 heavy (non-hydrogen) atoms. The van der Waals surface area contributed by atoms with Gasteiger partial charge in [-0.15, -0.1) is 0 Å². The normalized spacial score (nSPS) is 13.6. The predicted octanol–water partition coefficient (Wildman–Crippen LogP) is 1.87. The highest BCUT2D eigenvalue weighted by Crippen LogP contribution is 2.31. The quantitative estimate of drug-likeness (QED) is 0.809. The minimum atomic E-state index is -0.198. The van der Waals surface area contributed by atoms with E-state index in [9.17, 15) is 4.79 Å². The molecule has 0 saturated heterocycles. The molecule has 100 valence electrons. The second-order valence-electron chi connectivity index (χ2n) is 5.00. The SMILES string of the molecule is Cc1ccc(C(=O)NCCC2CC2)c(C#CCO)c1. The van der Waals surface area contributed by atoms with Crippen molar-refractivity contribution in [3.63, 3.8) is 0 Å². The Morgan fingerprint density at radius 1 is 1.47 bits per heavy atom. The summed E-state index contributed by atoms with van der Waals surface area (Å²) in [6.07, 6.45) is 3.66. The van der Waals surface area contributed by atoms with Crippen molar-refractivity contribution in [2.75, 3.05) is 13.2 Å². The fourth-order valence-electron chi connectivity index (χ4n) is 1.99. The molecular formula is C16H19NO2. The molecule has 0 radical (unpaired) electrons. The molecular weight excluding hydrogens is 238 g/mol. The van der Waals surface area contributed by atoms with Crippen LogP contribution in [0, 0.1) is 24.7 Å². The average molecular weight is 257 g/mol. The zero-order chi connectivity index (χ0) is 13.7. The predicted molar refractivity (Wildman–Crippen MR) is 74.8 cm³/mol. The molecule has 0 unspecified atom stereocenters. The molecule has 2 N–H and O–H groups in total. The van der Waals surface area contributed by atoms with Crippen LogP contribution in [0.1, 0.15) is 40.7 Å². The molecule has 0 heterocycles. The monoisotopic (exact) mass is 257 g/mol. The molecule has 1 saturated carbocycles. The van der Waals surface area contributed by atoms with Crippen LogP contribution in [0.3, 0.4) is 0 Å². The van der Waals surface area contributed by atoms with Crippen LogP contribution >= 0.6 is 0 Å². The molecule has 3 nitrogen and oxygen atoms in total. The average Bonchev–Trinajstić information content (AvgIpc) is 3.20. The molecule has 0 aliphatic heterocycles. The maximum atomic E-state index is 12.1. The number of aryl methyl sites for hydroxylation is 1. The highest BCUT2D eigenvalue weighted by atomic mass is 16.2. The van der Waals surface area contributed by atoms with Gasteiger partial charge < -0.3 is 10.4 Å². The number of rotatable bonds is 4. The van der Waals surface area contributed by atoms with E-state index in [2.05, 4.69) is 17.2 Å². The van der Waals surface area contributed by atoms with Crippen LogP contribution in [0.5, 0.6) is 0 Å². The lowest BCUT2D eigenvalue weighted by Crippen LogP contribution is -2.25. The van der Waals surface area contributed by atoms with E-state index >= 15 is 0 Å². The number of hydrogen-bond acceptors (Lipinski definition) is 2. The van der Waals surface area contributed by atoms with Crippen LogP contribution in [-0.2, 0) is 0 Å². The van der Waals surface area contributed by atoms with Crippen molar-refractivity contribution in [3.8, 4) is 11.8 Å². The van der Waals surface area contributed by atoms with Gasteiger partial charge in [-0.2, -0.15) is 0 Å². The highest BCUT2D eigenvalue weighted by Gasteiger charge is 2.20. The summed E-state index contributed by atoms with van der Waals surface area (Å²) in [6, 6.07) is 5.57. The topological polar surface area (TPSA) is 49.3 Å². The summed E-state index contributed by atoms with van der Waals surface area (Å²) in [7, 11) is 0. The lowest BCUT2D eigenvalue weighted by molar-refractivity contribution is 0.0952. The van der Waals surface area contributed by atoms with E-state index in [4.69, 9.17) is 5.11 Å². The Balaban J connectivity index is 2.05. The lowest BCUT2D eigenvalue weighted by atomic mass is 10.0. The van der Waals surface area contributed by atoms with Crippen LogP contribution in [0.2, 0.25) is 0 Å². The number of amides is 1. The largest absolute Gasteiger partial charge is 0.384 e. The van der Waals surface area contributed by atoms with Gasteiger partial charge in [0.05, 0.1) is 5.56 Å². The van der Waals surface area contributed by atoms with E-state index in [1.54, 1.807) is 6.07 Å². The summed E-state index contributed by atoms with van der Waals surface area (Å²) in [5.74, 6) is 6.16. The Kier molecular flexibility index (Phi) is 4.59. The molecule has 0 aromatic heterocycles. The van der Waals surface area contributed by atoms with Gasteiger partial charge in [-0.05, 0) is 37.0 Å². The number of aliphatic hydroxyl groups excluding tert-OH is 1. The first-order valence-electron chi connectivity index (χ1n) is 6.69. The van der Waals surface area contributed by atoms with E-state index in [-0.39, 0.29) is 12.5 Å². The first kappa shape index (κ1) is 13.6. The summed E-state index contributed by atoms with van der Waals surface area (Å²) in [5.41, 5.74) is 2.32. The Hall–Kier alpha value is -1.79. The van der Waals surface area contributed by atoms with E-state index in [1.165, 1.54) is 12.8 Å². The van der Waals surface area contributed by atoms with Crippen molar-refractivity contribution in [1.82, 2.24) is 5.32 Å². The van der Waals surface area contributed by atoms with Crippen LogP contribution in [0.15, 0.2) is 18.2 Å². The second kappa shape index (κ2) is 6.40. The summed E-state index contributed by atoms with van der Waals surface area (Å²) < 4.78 is 0. The van der Waals surface area contributed by atoms with E-state index in [0.717, 1.165) is 24.4 Å². The zero-order valence-electron chi connectivity index (χ0n) is 11.2. The third-order valence-corrected chi connectivity index (χ3v) is 3.26. The van der Waals surface area contributed by atoms with Gasteiger partial charge in [0.2, 0.25) is 0 Å². The van der Waals surface area contributed by atoms with Crippen LogP contribution in [0.25, 0.3) is 0 Å². The first-order valence-corrected chi connectivity index (χ1v) is 6.69. The number of nitrogens with one attached hydrogen (secondary N) is 1. The van der Waals surface area contributed by atoms with Gasteiger partial charge in [0.15, 0.2) is 0 Å². The van der Waals surface area contributed by atoms with Gasteiger partial charge in [-0.3, -0.25) is 4.79 Å². The maximum Gasteiger partial charge on any atom is 0.252 e. The molecule has 1 aromatic rings. The van der Waals surface area contributed by atoms with Gasteiger partial charge in [0.1, 0.15) is 6.61 Å². The van der Waals surface area contributed by atoms with E-state index in [0.29, 0.717) is 11.1 Å².